The van der Waals surface area contributed by atoms with Crippen molar-refractivity contribution < 1.29 is 4.79 Å². The summed E-state index contributed by atoms with van der Waals surface area (Å²) in [5, 5.41) is 0. The first-order valence-electron chi connectivity index (χ1n) is 4.62. The van der Waals surface area contributed by atoms with Crippen LogP contribution in [0.25, 0.3) is 0 Å². The molecule has 0 bridgehead atoms. The number of carbonyl (C=O) groups is 1. The molecule has 0 aliphatic carbocycles. The molecule has 0 radical (unpaired) electrons. The van der Waals surface area contributed by atoms with E-state index in [0.717, 1.165) is 0 Å². The van der Waals surface area contributed by atoms with Crippen molar-refractivity contribution in [3.05, 3.63) is 30.1 Å². The molecule has 1 aromatic rings. The second kappa shape index (κ2) is 3.78. The minimum absolute atomic E-state index is 0.0434. The molecular weight excluding hydrogens is 176 g/mol. The predicted octanol–water partition coefficient (Wildman–Crippen LogP) is 1.95. The Morgan fingerprint density at radius 1 is 1.36 bits per heavy atom. The molecule has 0 aliphatic rings. The van der Waals surface area contributed by atoms with Gasteiger partial charge in [-0.15, -0.1) is 0 Å². The Morgan fingerprint density at radius 3 is 2.43 bits per heavy atom. The van der Waals surface area contributed by atoms with Crippen molar-refractivity contribution in [2.45, 2.75) is 26.3 Å². The summed E-state index contributed by atoms with van der Waals surface area (Å²) in [6.45, 7) is 5.98. The van der Waals surface area contributed by atoms with Crippen LogP contribution in [0.1, 0.15) is 31.3 Å². The van der Waals surface area contributed by atoms with Gasteiger partial charge in [-0.3, -0.25) is 9.78 Å². The highest BCUT2D eigenvalue weighted by molar-refractivity contribution is 5.92. The summed E-state index contributed by atoms with van der Waals surface area (Å²) in [6.07, 6.45) is 1.63. The van der Waals surface area contributed by atoms with E-state index in [1.807, 2.05) is 26.8 Å². The van der Waals surface area contributed by atoms with Crippen molar-refractivity contribution in [3.63, 3.8) is 0 Å². The van der Waals surface area contributed by atoms with E-state index in [1.165, 1.54) is 0 Å². The average molecular weight is 192 g/mol. The van der Waals surface area contributed by atoms with Crippen LogP contribution in [-0.4, -0.2) is 28.4 Å². The molecule has 0 unspecified atom stereocenters. The molecule has 1 aromatic heterocycles. The molecule has 14 heavy (non-hydrogen) atoms. The second-order valence-electron chi connectivity index (χ2n) is 4.25. The summed E-state index contributed by atoms with van der Waals surface area (Å²) >= 11 is 0. The first-order valence-corrected chi connectivity index (χ1v) is 4.62. The van der Waals surface area contributed by atoms with Gasteiger partial charge in [-0.1, -0.05) is 6.07 Å². The van der Waals surface area contributed by atoms with Gasteiger partial charge in [0, 0.05) is 18.8 Å². The molecule has 0 aromatic carbocycles. The van der Waals surface area contributed by atoms with Gasteiger partial charge in [0.15, 0.2) is 0 Å². The van der Waals surface area contributed by atoms with Crippen molar-refractivity contribution in [3.8, 4) is 0 Å². The van der Waals surface area contributed by atoms with Gasteiger partial charge in [-0.2, -0.15) is 0 Å². The number of pyridine rings is 1. The van der Waals surface area contributed by atoms with E-state index < -0.39 is 0 Å². The number of hydrogen-bond acceptors (Lipinski definition) is 2. The number of carbonyl (C=O) groups excluding carboxylic acids is 1. The van der Waals surface area contributed by atoms with Crippen LogP contribution in [0.4, 0.5) is 0 Å². The Balaban J connectivity index is 2.87. The van der Waals surface area contributed by atoms with Crippen LogP contribution in [0.3, 0.4) is 0 Å². The van der Waals surface area contributed by atoms with Gasteiger partial charge in [-0.05, 0) is 32.9 Å². The maximum Gasteiger partial charge on any atom is 0.272 e. The molecule has 0 N–H and O–H groups in total. The lowest BCUT2D eigenvalue weighted by Gasteiger charge is -2.31. The third-order valence-electron chi connectivity index (χ3n) is 2.19. The Kier molecular flexibility index (Phi) is 2.89. The quantitative estimate of drug-likeness (QED) is 0.681. The molecule has 0 spiro atoms. The number of rotatable bonds is 1. The Hall–Kier alpha value is -1.38. The van der Waals surface area contributed by atoms with Crippen molar-refractivity contribution in [1.82, 2.24) is 9.88 Å². The molecule has 0 saturated carbocycles. The Morgan fingerprint density at radius 2 is 2.00 bits per heavy atom. The van der Waals surface area contributed by atoms with Gasteiger partial charge in [-0.25, -0.2) is 0 Å². The fraction of sp³-hybridized carbons (Fsp3) is 0.455. The first-order chi connectivity index (χ1) is 6.43. The second-order valence-corrected chi connectivity index (χ2v) is 4.25. The molecule has 0 saturated heterocycles. The molecule has 76 valence electrons. The van der Waals surface area contributed by atoms with E-state index in [4.69, 9.17) is 0 Å². The Labute approximate surface area is 84.8 Å². The molecule has 1 amide bonds. The molecule has 1 heterocycles. The summed E-state index contributed by atoms with van der Waals surface area (Å²) in [5.41, 5.74) is 0.319. The monoisotopic (exact) mass is 192 g/mol. The summed E-state index contributed by atoms with van der Waals surface area (Å²) in [5.74, 6) is -0.0434. The molecule has 1 rings (SSSR count). The molecule has 0 fully saturated rings. The van der Waals surface area contributed by atoms with Crippen LogP contribution in [0, 0.1) is 0 Å². The zero-order valence-corrected chi connectivity index (χ0v) is 9.11. The summed E-state index contributed by atoms with van der Waals surface area (Å²) in [4.78, 5) is 17.6. The maximum atomic E-state index is 11.9. The minimum atomic E-state index is -0.172. The smallest absolute Gasteiger partial charge is 0.272 e. The highest BCUT2D eigenvalue weighted by Gasteiger charge is 2.23. The first kappa shape index (κ1) is 10.7. The van der Waals surface area contributed by atoms with Crippen molar-refractivity contribution in [2.75, 3.05) is 7.05 Å². The van der Waals surface area contributed by atoms with E-state index in [9.17, 15) is 4.79 Å². The normalized spacial score (nSPS) is 11.1. The van der Waals surface area contributed by atoms with E-state index in [1.54, 1.807) is 30.3 Å². The van der Waals surface area contributed by atoms with Crippen molar-refractivity contribution in [2.24, 2.45) is 0 Å². The largest absolute Gasteiger partial charge is 0.336 e. The highest BCUT2D eigenvalue weighted by Crippen LogP contribution is 2.13. The number of aromatic nitrogens is 1. The third-order valence-corrected chi connectivity index (χ3v) is 2.19. The van der Waals surface area contributed by atoms with Crippen LogP contribution in [0.15, 0.2) is 24.4 Å². The van der Waals surface area contributed by atoms with Gasteiger partial charge < -0.3 is 4.90 Å². The number of hydrogen-bond donors (Lipinski definition) is 0. The van der Waals surface area contributed by atoms with Gasteiger partial charge >= 0.3 is 0 Å². The van der Waals surface area contributed by atoms with E-state index in [0.29, 0.717) is 5.69 Å². The lowest BCUT2D eigenvalue weighted by atomic mass is 10.1. The highest BCUT2D eigenvalue weighted by atomic mass is 16.2. The summed E-state index contributed by atoms with van der Waals surface area (Å²) in [6, 6.07) is 5.34. The van der Waals surface area contributed by atoms with Gasteiger partial charge in [0.05, 0.1) is 0 Å². The van der Waals surface area contributed by atoms with Gasteiger partial charge in [0.25, 0.3) is 5.91 Å². The third kappa shape index (κ3) is 2.31. The zero-order chi connectivity index (χ0) is 10.8. The lowest BCUT2D eigenvalue weighted by molar-refractivity contribution is 0.0649. The van der Waals surface area contributed by atoms with Crippen LogP contribution in [0.5, 0.6) is 0 Å². The predicted molar refractivity (Wildman–Crippen MR) is 56.1 cm³/mol. The zero-order valence-electron chi connectivity index (χ0n) is 9.11. The van der Waals surface area contributed by atoms with Crippen LogP contribution < -0.4 is 0 Å². The lowest BCUT2D eigenvalue weighted by Crippen LogP contribution is -2.42. The Bertz CT molecular complexity index is 314. The number of amides is 1. The van der Waals surface area contributed by atoms with E-state index >= 15 is 0 Å². The summed E-state index contributed by atoms with van der Waals surface area (Å²) in [7, 11) is 1.79. The summed E-state index contributed by atoms with van der Waals surface area (Å²) < 4.78 is 0. The van der Waals surface area contributed by atoms with E-state index in [2.05, 4.69) is 4.98 Å². The standard InChI is InChI=1S/C11H16N2O/c1-11(2,3)13(4)10(14)9-7-5-6-8-12-9/h5-8H,1-4H3. The van der Waals surface area contributed by atoms with Crippen molar-refractivity contribution in [1.29, 1.82) is 0 Å². The van der Waals surface area contributed by atoms with Gasteiger partial charge in [0.2, 0.25) is 0 Å². The van der Waals surface area contributed by atoms with Crippen LogP contribution in [-0.2, 0) is 0 Å². The SMILES string of the molecule is CN(C(=O)c1ccccn1)C(C)(C)C. The molecular formula is C11H16N2O. The van der Waals surface area contributed by atoms with Gasteiger partial charge in [0.1, 0.15) is 5.69 Å². The molecule has 0 aliphatic heterocycles. The molecule has 3 heteroatoms. The molecule has 3 nitrogen and oxygen atoms in total. The van der Waals surface area contributed by atoms with Crippen LogP contribution in [0.2, 0.25) is 0 Å². The number of nitrogens with zero attached hydrogens (tertiary/aromatic N) is 2. The fourth-order valence-corrected chi connectivity index (χ4v) is 0.966. The maximum absolute atomic E-state index is 11.9. The van der Waals surface area contributed by atoms with E-state index in [-0.39, 0.29) is 11.4 Å². The molecule has 0 atom stereocenters. The minimum Gasteiger partial charge on any atom is -0.336 e. The average Bonchev–Trinajstić information content (AvgIpc) is 2.15. The van der Waals surface area contributed by atoms with Crippen molar-refractivity contribution >= 4 is 5.91 Å². The topological polar surface area (TPSA) is 33.2 Å². The van der Waals surface area contributed by atoms with Crippen LogP contribution >= 0.6 is 0 Å². The fourth-order valence-electron chi connectivity index (χ4n) is 0.966.